The Morgan fingerprint density at radius 1 is 1.21 bits per heavy atom. The Morgan fingerprint density at radius 3 is 2.50 bits per heavy atom. The Labute approximate surface area is 171 Å². The van der Waals surface area contributed by atoms with Gasteiger partial charge in [-0.2, -0.15) is 0 Å². The van der Waals surface area contributed by atoms with Gasteiger partial charge in [-0.3, -0.25) is 4.79 Å². The molecule has 0 unspecified atom stereocenters. The number of carbonyl (C=O) groups is 3. The fraction of sp³-hybridized carbons (Fsp3) is 0.421. The molecule has 2 aromatic rings. The van der Waals surface area contributed by atoms with Crippen molar-refractivity contribution in [3.8, 4) is 0 Å². The summed E-state index contributed by atoms with van der Waals surface area (Å²) in [6, 6.07) is 3.63. The number of anilines is 1. The Kier molecular flexibility index (Phi) is 8.13. The number of rotatable bonds is 9. The van der Waals surface area contributed by atoms with E-state index in [1.807, 2.05) is 6.07 Å². The maximum Gasteiger partial charge on any atom is 0.348 e. The minimum atomic E-state index is -0.585. The number of ether oxygens (including phenoxy) is 2. The average molecular weight is 426 g/mol. The molecule has 0 aliphatic heterocycles. The first-order valence-corrected chi connectivity index (χ1v) is 10.7. The Bertz CT molecular complexity index is 828. The molecule has 2 heterocycles. The molecule has 0 aliphatic rings. The largest absolute Gasteiger partial charge is 0.468 e. The summed E-state index contributed by atoms with van der Waals surface area (Å²) in [4.78, 5) is 37.4. The van der Waals surface area contributed by atoms with E-state index in [0.717, 1.165) is 17.1 Å². The van der Waals surface area contributed by atoms with Gasteiger partial charge in [0.15, 0.2) is 0 Å². The van der Waals surface area contributed by atoms with Crippen molar-refractivity contribution in [2.45, 2.75) is 38.7 Å². The molecule has 0 radical (unpaired) electrons. The van der Waals surface area contributed by atoms with Crippen molar-refractivity contribution in [2.24, 2.45) is 0 Å². The predicted molar refractivity (Wildman–Crippen MR) is 109 cm³/mol. The molecule has 0 aliphatic carbocycles. The van der Waals surface area contributed by atoms with Gasteiger partial charge in [0.25, 0.3) is 0 Å². The molecule has 1 N–H and O–H groups in total. The van der Waals surface area contributed by atoms with Crippen LogP contribution in [0.3, 0.4) is 0 Å². The minimum Gasteiger partial charge on any atom is -0.468 e. The highest BCUT2D eigenvalue weighted by molar-refractivity contribution is 7.99. The molecule has 2 rings (SSSR count). The van der Waals surface area contributed by atoms with Crippen molar-refractivity contribution in [1.29, 1.82) is 0 Å². The number of furan rings is 1. The van der Waals surface area contributed by atoms with Crippen molar-refractivity contribution in [2.75, 3.05) is 18.5 Å². The van der Waals surface area contributed by atoms with Gasteiger partial charge in [-0.15, -0.1) is 23.1 Å². The number of esters is 2. The molecule has 1 amide bonds. The summed E-state index contributed by atoms with van der Waals surface area (Å²) in [6.07, 6.45) is 1.58. The molecular formula is C19H23NO6S2. The Morgan fingerprint density at radius 2 is 1.89 bits per heavy atom. The zero-order valence-electron chi connectivity index (χ0n) is 16.2. The van der Waals surface area contributed by atoms with Crippen LogP contribution in [0.25, 0.3) is 0 Å². The molecule has 1 atom stereocenters. The topological polar surface area (TPSA) is 94.8 Å². The summed E-state index contributed by atoms with van der Waals surface area (Å²) in [6.45, 7) is 7.20. The summed E-state index contributed by atoms with van der Waals surface area (Å²) in [7, 11) is 0. The van der Waals surface area contributed by atoms with Crippen LogP contribution < -0.4 is 5.32 Å². The van der Waals surface area contributed by atoms with Crippen molar-refractivity contribution in [3.63, 3.8) is 0 Å². The van der Waals surface area contributed by atoms with Crippen LogP contribution in [0.4, 0.5) is 5.00 Å². The van der Waals surface area contributed by atoms with Crippen molar-refractivity contribution >= 4 is 45.9 Å². The van der Waals surface area contributed by atoms with Gasteiger partial charge >= 0.3 is 11.9 Å². The standard InChI is InChI=1S/C19H23NO6S2/c1-5-24-18(22)14-11(3)15(19(23)25-6-2)28-17(14)20-16(21)12(4)27-10-13-8-7-9-26-13/h7-9,12H,5-6,10H2,1-4H3,(H,20,21)/t12-/m0/s1. The monoisotopic (exact) mass is 425 g/mol. The second kappa shape index (κ2) is 10.3. The fourth-order valence-corrected chi connectivity index (χ4v) is 4.21. The smallest absolute Gasteiger partial charge is 0.348 e. The van der Waals surface area contributed by atoms with Gasteiger partial charge in [0.2, 0.25) is 5.91 Å². The molecule has 0 spiro atoms. The van der Waals surface area contributed by atoms with Crippen LogP contribution in [0.1, 0.15) is 52.1 Å². The van der Waals surface area contributed by atoms with E-state index < -0.39 is 17.2 Å². The second-order valence-corrected chi connectivity index (χ2v) is 8.07. The summed E-state index contributed by atoms with van der Waals surface area (Å²) in [5, 5.41) is 2.65. The number of hydrogen-bond acceptors (Lipinski definition) is 8. The first-order chi connectivity index (χ1) is 13.4. The zero-order valence-corrected chi connectivity index (χ0v) is 17.8. The summed E-state index contributed by atoms with van der Waals surface area (Å²) < 4.78 is 15.4. The molecule has 0 aromatic carbocycles. The molecule has 0 bridgehead atoms. The van der Waals surface area contributed by atoms with Crippen molar-refractivity contribution in [3.05, 3.63) is 40.2 Å². The van der Waals surface area contributed by atoms with E-state index in [-0.39, 0.29) is 34.6 Å². The average Bonchev–Trinajstić information content (AvgIpc) is 3.28. The van der Waals surface area contributed by atoms with Crippen LogP contribution in [0.5, 0.6) is 0 Å². The van der Waals surface area contributed by atoms with Crippen LogP contribution in [-0.4, -0.2) is 36.3 Å². The van der Waals surface area contributed by atoms with Gasteiger partial charge in [0.1, 0.15) is 15.6 Å². The molecule has 0 saturated heterocycles. The van der Waals surface area contributed by atoms with E-state index in [4.69, 9.17) is 13.9 Å². The van der Waals surface area contributed by atoms with Crippen LogP contribution in [-0.2, 0) is 20.0 Å². The summed E-state index contributed by atoms with van der Waals surface area (Å²) in [5.41, 5.74) is 0.625. The summed E-state index contributed by atoms with van der Waals surface area (Å²) in [5.74, 6) is -0.0781. The van der Waals surface area contributed by atoms with E-state index in [9.17, 15) is 14.4 Å². The number of thioether (sulfide) groups is 1. The molecule has 0 fully saturated rings. The lowest BCUT2D eigenvalue weighted by Crippen LogP contribution is -2.23. The second-order valence-electron chi connectivity index (χ2n) is 5.72. The van der Waals surface area contributed by atoms with Crippen molar-refractivity contribution in [1.82, 2.24) is 0 Å². The van der Waals surface area contributed by atoms with Crippen LogP contribution in [0.2, 0.25) is 0 Å². The molecule has 7 nitrogen and oxygen atoms in total. The maximum atomic E-state index is 12.6. The molecule has 9 heteroatoms. The first-order valence-electron chi connectivity index (χ1n) is 8.81. The quantitative estimate of drug-likeness (QED) is 0.600. The van der Waals surface area contributed by atoms with Gasteiger partial charge in [-0.1, -0.05) is 0 Å². The first kappa shape index (κ1) is 22.0. The van der Waals surface area contributed by atoms with E-state index in [1.165, 1.54) is 11.8 Å². The van der Waals surface area contributed by atoms with Crippen LogP contribution in [0, 0.1) is 6.92 Å². The third kappa shape index (κ3) is 5.39. The van der Waals surface area contributed by atoms with Gasteiger partial charge in [0.05, 0.1) is 36.0 Å². The SMILES string of the molecule is CCOC(=O)c1sc(NC(=O)[C@H](C)SCc2ccco2)c(C(=O)OCC)c1C. The fourth-order valence-electron chi connectivity index (χ4n) is 2.33. The lowest BCUT2D eigenvalue weighted by Gasteiger charge is -2.11. The van der Waals surface area contributed by atoms with E-state index in [1.54, 1.807) is 40.0 Å². The molecule has 152 valence electrons. The van der Waals surface area contributed by atoms with Gasteiger partial charge in [-0.05, 0) is 45.4 Å². The van der Waals surface area contributed by atoms with Crippen LogP contribution in [0.15, 0.2) is 22.8 Å². The van der Waals surface area contributed by atoms with E-state index in [2.05, 4.69) is 5.32 Å². The number of amides is 1. The number of thiophene rings is 1. The third-order valence-corrected chi connectivity index (χ3v) is 6.10. The lowest BCUT2D eigenvalue weighted by molar-refractivity contribution is -0.115. The Hall–Kier alpha value is -2.26. The highest BCUT2D eigenvalue weighted by Crippen LogP contribution is 2.35. The van der Waals surface area contributed by atoms with Gasteiger partial charge in [0, 0.05) is 0 Å². The third-order valence-electron chi connectivity index (χ3n) is 3.75. The summed E-state index contributed by atoms with van der Waals surface area (Å²) >= 11 is 2.42. The number of hydrogen-bond donors (Lipinski definition) is 1. The zero-order chi connectivity index (χ0) is 20.7. The van der Waals surface area contributed by atoms with Gasteiger partial charge in [-0.25, -0.2) is 9.59 Å². The minimum absolute atomic E-state index is 0.186. The molecule has 2 aromatic heterocycles. The van der Waals surface area contributed by atoms with E-state index >= 15 is 0 Å². The normalized spacial score (nSPS) is 11.7. The lowest BCUT2D eigenvalue weighted by atomic mass is 10.1. The molecular weight excluding hydrogens is 402 g/mol. The molecule has 28 heavy (non-hydrogen) atoms. The van der Waals surface area contributed by atoms with Crippen LogP contribution >= 0.6 is 23.1 Å². The highest BCUT2D eigenvalue weighted by atomic mass is 32.2. The van der Waals surface area contributed by atoms with Gasteiger partial charge < -0.3 is 19.2 Å². The number of carbonyl (C=O) groups excluding carboxylic acids is 3. The van der Waals surface area contributed by atoms with Crippen molar-refractivity contribution < 1.29 is 28.3 Å². The Balaban J connectivity index is 2.19. The molecule has 0 saturated carbocycles. The van der Waals surface area contributed by atoms with E-state index in [0.29, 0.717) is 11.3 Å². The number of nitrogens with one attached hydrogen (secondary N) is 1. The maximum absolute atomic E-state index is 12.6. The predicted octanol–water partition coefficient (Wildman–Crippen LogP) is 4.26. The highest BCUT2D eigenvalue weighted by Gasteiger charge is 2.28.